The maximum absolute atomic E-state index is 13.6. The second kappa shape index (κ2) is 7.09. The monoisotopic (exact) mass is 416 g/mol. The second-order valence-corrected chi connectivity index (χ2v) is 8.85. The van der Waals surface area contributed by atoms with Gasteiger partial charge in [-0.1, -0.05) is 55.2 Å². The molecule has 1 saturated heterocycles. The number of halogens is 2. The summed E-state index contributed by atoms with van der Waals surface area (Å²) in [7, 11) is 0. The first-order valence-electron chi connectivity index (χ1n) is 9.47. The minimum atomic E-state index is -0.877. The number of carbonyl (C=O) groups excluding carboxylic acids is 2. The van der Waals surface area contributed by atoms with E-state index >= 15 is 0 Å². The van der Waals surface area contributed by atoms with Crippen LogP contribution >= 0.6 is 23.2 Å². The van der Waals surface area contributed by atoms with E-state index in [-0.39, 0.29) is 36.0 Å². The van der Waals surface area contributed by atoms with Crippen molar-refractivity contribution >= 4 is 40.7 Å². The third kappa shape index (κ3) is 2.90. The van der Waals surface area contributed by atoms with Gasteiger partial charge in [0.1, 0.15) is 0 Å². The molecule has 0 aromatic heterocycles. The van der Waals surface area contributed by atoms with Crippen molar-refractivity contribution < 1.29 is 9.59 Å². The number of amides is 2. The minimum absolute atomic E-state index is 0.0530. The second-order valence-electron chi connectivity index (χ2n) is 7.98. The molecule has 6 heteroatoms. The normalized spacial score (nSPS) is 26.8. The summed E-state index contributed by atoms with van der Waals surface area (Å²) in [5, 5.41) is 7.23. The molecule has 2 amide bonds. The molecule has 2 aromatic carbocycles. The molecule has 146 valence electrons. The topological polar surface area (TPSA) is 58.2 Å². The molecular formula is C22H22Cl2N2O2. The number of anilines is 1. The molecule has 2 aromatic rings. The summed E-state index contributed by atoms with van der Waals surface area (Å²) in [5.41, 5.74) is 1.65. The number of hydrogen-bond donors (Lipinski definition) is 2. The molecule has 4 nitrogen and oxygen atoms in total. The zero-order valence-corrected chi connectivity index (χ0v) is 17.3. The summed E-state index contributed by atoms with van der Waals surface area (Å²) >= 11 is 12.5. The van der Waals surface area contributed by atoms with Crippen molar-refractivity contribution in [3.63, 3.8) is 0 Å². The van der Waals surface area contributed by atoms with E-state index in [2.05, 4.69) is 24.5 Å². The van der Waals surface area contributed by atoms with E-state index in [1.807, 2.05) is 30.3 Å². The van der Waals surface area contributed by atoms with Gasteiger partial charge in [-0.15, -0.1) is 0 Å². The summed E-state index contributed by atoms with van der Waals surface area (Å²) in [4.78, 5) is 26.3. The Hall–Kier alpha value is -2.04. The Bertz CT molecular complexity index is 959. The Labute approximate surface area is 174 Å². The van der Waals surface area contributed by atoms with Gasteiger partial charge in [0.2, 0.25) is 11.8 Å². The van der Waals surface area contributed by atoms with Crippen molar-refractivity contribution in [2.24, 2.45) is 11.8 Å². The van der Waals surface area contributed by atoms with Gasteiger partial charge < -0.3 is 10.6 Å². The van der Waals surface area contributed by atoms with Gasteiger partial charge in [-0.05, 0) is 47.2 Å². The molecule has 0 saturated carbocycles. The predicted molar refractivity (Wildman–Crippen MR) is 112 cm³/mol. The summed E-state index contributed by atoms with van der Waals surface area (Å²) in [6, 6.07) is 13.0. The van der Waals surface area contributed by atoms with Crippen LogP contribution < -0.4 is 10.6 Å². The molecular weight excluding hydrogens is 395 g/mol. The molecule has 2 aliphatic rings. The van der Waals surface area contributed by atoms with Crippen LogP contribution in [0, 0.1) is 11.8 Å². The molecule has 4 rings (SSSR count). The van der Waals surface area contributed by atoms with Crippen LogP contribution in [0.4, 0.5) is 5.69 Å². The third-order valence-corrected chi connectivity index (χ3v) is 6.62. The van der Waals surface area contributed by atoms with E-state index in [4.69, 9.17) is 23.2 Å². The number of nitrogens with one attached hydrogen (secondary N) is 2. The van der Waals surface area contributed by atoms with Crippen molar-refractivity contribution in [1.82, 2.24) is 5.32 Å². The van der Waals surface area contributed by atoms with Gasteiger partial charge >= 0.3 is 0 Å². The zero-order chi connectivity index (χ0) is 20.1. The Balaban J connectivity index is 2.02. The molecule has 0 aliphatic carbocycles. The van der Waals surface area contributed by atoms with Crippen molar-refractivity contribution in [2.75, 3.05) is 11.9 Å². The first-order valence-corrected chi connectivity index (χ1v) is 10.2. The van der Waals surface area contributed by atoms with Crippen molar-refractivity contribution in [2.45, 2.75) is 31.6 Å². The number of fused-ring (bicyclic) bond motifs is 2. The number of carbonyl (C=O) groups is 2. The average molecular weight is 417 g/mol. The molecule has 1 fully saturated rings. The van der Waals surface area contributed by atoms with Crippen LogP contribution in [0.2, 0.25) is 10.0 Å². The molecule has 2 aliphatic heterocycles. The highest BCUT2D eigenvalue weighted by Crippen LogP contribution is 2.56. The number of rotatable bonds is 2. The van der Waals surface area contributed by atoms with E-state index in [9.17, 15) is 9.59 Å². The van der Waals surface area contributed by atoms with Crippen LogP contribution in [-0.2, 0) is 15.0 Å². The first kappa shape index (κ1) is 19.3. The molecule has 28 heavy (non-hydrogen) atoms. The highest BCUT2D eigenvalue weighted by molar-refractivity contribution is 6.31. The largest absolute Gasteiger partial charge is 0.356 e. The van der Waals surface area contributed by atoms with Crippen molar-refractivity contribution in [3.8, 4) is 0 Å². The highest BCUT2D eigenvalue weighted by atomic mass is 35.5. The van der Waals surface area contributed by atoms with Crippen molar-refractivity contribution in [3.05, 3.63) is 63.6 Å². The minimum Gasteiger partial charge on any atom is -0.356 e. The summed E-state index contributed by atoms with van der Waals surface area (Å²) in [6.07, 6.45) is 0.221. The van der Waals surface area contributed by atoms with E-state index in [1.165, 1.54) is 0 Å². The lowest BCUT2D eigenvalue weighted by Gasteiger charge is -2.42. The lowest BCUT2D eigenvalue weighted by Crippen LogP contribution is -2.50. The average Bonchev–Trinajstić information content (AvgIpc) is 2.80. The van der Waals surface area contributed by atoms with E-state index in [1.54, 1.807) is 12.1 Å². The quantitative estimate of drug-likeness (QED) is 0.741. The Morgan fingerprint density at radius 2 is 1.82 bits per heavy atom. The van der Waals surface area contributed by atoms with Crippen LogP contribution in [0.25, 0.3) is 0 Å². The predicted octanol–water partition coefficient (Wildman–Crippen LogP) is 4.76. The smallest absolute Gasteiger partial charge is 0.236 e. The maximum atomic E-state index is 13.6. The molecule has 0 unspecified atom stereocenters. The van der Waals surface area contributed by atoms with Gasteiger partial charge in [-0.25, -0.2) is 0 Å². The highest BCUT2D eigenvalue weighted by Gasteiger charge is 2.59. The standard InChI is InChI=1S/C22H22Cl2N2O2/c1-12(2)18-11-25-20(27)10-17(13-4-3-5-14(23)8-13)22(18)16-7-6-15(24)9-19(16)26-21(22)28/h3-9,12,17-18H,10-11H2,1-2H3,(H,25,27)(H,26,28)/t17-,18+,22-/m1/s1. The zero-order valence-electron chi connectivity index (χ0n) is 15.8. The summed E-state index contributed by atoms with van der Waals surface area (Å²) < 4.78 is 0. The molecule has 2 heterocycles. The Morgan fingerprint density at radius 3 is 2.54 bits per heavy atom. The Kier molecular flexibility index (Phi) is 4.88. The fourth-order valence-electron chi connectivity index (χ4n) is 4.97. The van der Waals surface area contributed by atoms with E-state index in [0.29, 0.717) is 16.6 Å². The van der Waals surface area contributed by atoms with E-state index < -0.39 is 5.41 Å². The number of hydrogen-bond acceptors (Lipinski definition) is 2. The molecule has 2 N–H and O–H groups in total. The van der Waals surface area contributed by atoms with Gasteiger partial charge in [0.25, 0.3) is 0 Å². The first-order chi connectivity index (χ1) is 13.3. The fraction of sp³-hybridized carbons (Fsp3) is 0.364. The van der Waals surface area contributed by atoms with Crippen LogP contribution in [0.1, 0.15) is 37.3 Å². The van der Waals surface area contributed by atoms with Crippen molar-refractivity contribution in [1.29, 1.82) is 0 Å². The molecule has 0 bridgehead atoms. The van der Waals surface area contributed by atoms with Gasteiger partial charge in [-0.3, -0.25) is 9.59 Å². The summed E-state index contributed by atoms with van der Waals surface area (Å²) in [6.45, 7) is 4.64. The summed E-state index contributed by atoms with van der Waals surface area (Å²) in [5.74, 6) is -0.367. The van der Waals surface area contributed by atoms with Crippen LogP contribution in [-0.4, -0.2) is 18.4 Å². The SMILES string of the molecule is CC(C)[C@@H]1CNC(=O)C[C@H](c2cccc(Cl)c2)[C@@]12C(=O)Nc1cc(Cl)ccc12. The van der Waals surface area contributed by atoms with Crippen LogP contribution in [0.3, 0.4) is 0 Å². The fourth-order valence-corrected chi connectivity index (χ4v) is 5.34. The lowest BCUT2D eigenvalue weighted by molar-refractivity contribution is -0.124. The van der Waals surface area contributed by atoms with E-state index in [0.717, 1.165) is 16.8 Å². The van der Waals surface area contributed by atoms with Crippen LogP contribution in [0.5, 0.6) is 0 Å². The molecule has 1 spiro atoms. The lowest BCUT2D eigenvalue weighted by atomic mass is 9.58. The molecule has 3 atom stereocenters. The van der Waals surface area contributed by atoms with Crippen LogP contribution in [0.15, 0.2) is 42.5 Å². The number of benzene rings is 2. The van der Waals surface area contributed by atoms with Gasteiger partial charge in [-0.2, -0.15) is 0 Å². The maximum Gasteiger partial charge on any atom is 0.236 e. The molecule has 0 radical (unpaired) electrons. The Morgan fingerprint density at radius 1 is 1.07 bits per heavy atom. The van der Waals surface area contributed by atoms with Gasteiger partial charge in [0.05, 0.1) is 5.41 Å². The van der Waals surface area contributed by atoms with Gasteiger partial charge in [0.15, 0.2) is 0 Å². The van der Waals surface area contributed by atoms with Gasteiger partial charge in [0, 0.05) is 34.6 Å². The third-order valence-electron chi connectivity index (χ3n) is 6.15.